The van der Waals surface area contributed by atoms with Gasteiger partial charge in [0.2, 0.25) is 0 Å². The zero-order chi connectivity index (χ0) is 13.4. The lowest BCUT2D eigenvalue weighted by Gasteiger charge is -2.17. The SMILES string of the molecule is C=C(C)[C@H]1Oc2cc(O)c(C(C)=O)cc2C1OC. The highest BCUT2D eigenvalue weighted by molar-refractivity contribution is 5.97. The second kappa shape index (κ2) is 4.46. The Kier molecular flexibility index (Phi) is 3.13. The molecule has 0 bridgehead atoms. The van der Waals surface area contributed by atoms with E-state index in [1.165, 1.54) is 13.0 Å². The van der Waals surface area contributed by atoms with Crippen molar-refractivity contribution in [3.05, 3.63) is 35.4 Å². The molecule has 1 aromatic carbocycles. The minimum Gasteiger partial charge on any atom is -0.507 e. The van der Waals surface area contributed by atoms with Crippen LogP contribution in [0.5, 0.6) is 11.5 Å². The summed E-state index contributed by atoms with van der Waals surface area (Å²) in [7, 11) is 1.58. The molecule has 0 saturated heterocycles. The van der Waals surface area contributed by atoms with Crippen LogP contribution in [0.2, 0.25) is 0 Å². The second-order valence-corrected chi connectivity index (χ2v) is 4.50. The molecule has 0 saturated carbocycles. The van der Waals surface area contributed by atoms with E-state index < -0.39 is 0 Å². The number of carbonyl (C=O) groups excluding carboxylic acids is 1. The van der Waals surface area contributed by atoms with Gasteiger partial charge in [-0.3, -0.25) is 4.79 Å². The monoisotopic (exact) mass is 248 g/mol. The van der Waals surface area contributed by atoms with Crippen molar-refractivity contribution in [1.29, 1.82) is 0 Å². The first-order valence-corrected chi connectivity index (χ1v) is 5.68. The molecule has 1 N–H and O–H groups in total. The van der Waals surface area contributed by atoms with Crippen molar-refractivity contribution < 1.29 is 19.4 Å². The van der Waals surface area contributed by atoms with E-state index in [1.807, 2.05) is 6.92 Å². The van der Waals surface area contributed by atoms with Crippen LogP contribution in [0.15, 0.2) is 24.3 Å². The maximum Gasteiger partial charge on any atom is 0.163 e. The fraction of sp³-hybridized carbons (Fsp3) is 0.357. The number of fused-ring (bicyclic) bond motifs is 1. The molecule has 0 aliphatic carbocycles. The molecule has 1 aromatic rings. The summed E-state index contributed by atoms with van der Waals surface area (Å²) in [4.78, 5) is 11.4. The van der Waals surface area contributed by atoms with Crippen LogP contribution in [0.4, 0.5) is 0 Å². The summed E-state index contributed by atoms with van der Waals surface area (Å²) in [5.74, 6) is 0.278. The Bertz CT molecular complexity index is 519. The number of carbonyl (C=O) groups is 1. The van der Waals surface area contributed by atoms with Crippen LogP contribution >= 0.6 is 0 Å². The Balaban J connectivity index is 2.52. The van der Waals surface area contributed by atoms with Crippen molar-refractivity contribution in [2.24, 2.45) is 0 Å². The summed E-state index contributed by atoms with van der Waals surface area (Å²) in [5.41, 5.74) is 1.89. The Morgan fingerprint density at radius 3 is 2.61 bits per heavy atom. The average Bonchev–Trinajstić information content (AvgIpc) is 2.65. The van der Waals surface area contributed by atoms with E-state index in [0.29, 0.717) is 5.75 Å². The number of Topliss-reactive ketones (excluding diaryl/α,β-unsaturated/α-hetero) is 1. The molecule has 0 amide bonds. The topological polar surface area (TPSA) is 55.8 Å². The van der Waals surface area contributed by atoms with Crippen molar-refractivity contribution >= 4 is 5.78 Å². The lowest BCUT2D eigenvalue weighted by atomic mass is 9.99. The van der Waals surface area contributed by atoms with Gasteiger partial charge in [-0.1, -0.05) is 6.58 Å². The van der Waals surface area contributed by atoms with Gasteiger partial charge in [-0.15, -0.1) is 0 Å². The van der Waals surface area contributed by atoms with Crippen LogP contribution in [0, 0.1) is 0 Å². The maximum atomic E-state index is 11.4. The third-order valence-electron chi connectivity index (χ3n) is 3.08. The van der Waals surface area contributed by atoms with Gasteiger partial charge in [0.15, 0.2) is 5.78 Å². The molecule has 0 aromatic heterocycles. The zero-order valence-corrected chi connectivity index (χ0v) is 10.7. The van der Waals surface area contributed by atoms with Gasteiger partial charge < -0.3 is 14.6 Å². The normalized spacial score (nSPS) is 21.3. The predicted molar refractivity (Wildman–Crippen MR) is 67.1 cm³/mol. The molecule has 96 valence electrons. The largest absolute Gasteiger partial charge is 0.507 e. The fourth-order valence-electron chi connectivity index (χ4n) is 2.16. The van der Waals surface area contributed by atoms with Crippen molar-refractivity contribution in [2.45, 2.75) is 26.1 Å². The first-order valence-electron chi connectivity index (χ1n) is 5.68. The summed E-state index contributed by atoms with van der Waals surface area (Å²) in [6, 6.07) is 3.09. The molecular formula is C14H16O4. The first-order chi connectivity index (χ1) is 8.45. The van der Waals surface area contributed by atoms with Crippen molar-refractivity contribution in [2.75, 3.05) is 7.11 Å². The van der Waals surface area contributed by atoms with Gasteiger partial charge in [-0.05, 0) is 25.5 Å². The van der Waals surface area contributed by atoms with Crippen molar-refractivity contribution in [3.8, 4) is 11.5 Å². The number of phenolic OH excluding ortho intramolecular Hbond substituents is 1. The Morgan fingerprint density at radius 1 is 1.44 bits per heavy atom. The number of ether oxygens (including phenoxy) is 2. The molecule has 18 heavy (non-hydrogen) atoms. The molecule has 1 heterocycles. The number of aromatic hydroxyl groups is 1. The summed E-state index contributed by atoms with van der Waals surface area (Å²) >= 11 is 0. The second-order valence-electron chi connectivity index (χ2n) is 4.50. The van der Waals surface area contributed by atoms with E-state index in [1.54, 1.807) is 13.2 Å². The maximum absolute atomic E-state index is 11.4. The Labute approximate surface area is 106 Å². The van der Waals surface area contributed by atoms with Gasteiger partial charge in [0.25, 0.3) is 0 Å². The molecule has 2 atom stereocenters. The van der Waals surface area contributed by atoms with Gasteiger partial charge in [-0.2, -0.15) is 0 Å². The van der Waals surface area contributed by atoms with Crippen LogP contribution in [0.1, 0.15) is 35.9 Å². The number of rotatable bonds is 3. The molecule has 1 aliphatic rings. The smallest absolute Gasteiger partial charge is 0.163 e. The van der Waals surface area contributed by atoms with Crippen LogP contribution in [-0.4, -0.2) is 24.1 Å². The number of hydrogen-bond donors (Lipinski definition) is 1. The first kappa shape index (κ1) is 12.6. The highest BCUT2D eigenvalue weighted by Gasteiger charge is 2.36. The molecule has 4 nitrogen and oxygen atoms in total. The quantitative estimate of drug-likeness (QED) is 0.660. The van der Waals surface area contributed by atoms with E-state index in [0.717, 1.165) is 11.1 Å². The highest BCUT2D eigenvalue weighted by atomic mass is 16.5. The Morgan fingerprint density at radius 2 is 2.11 bits per heavy atom. The van der Waals surface area contributed by atoms with Gasteiger partial charge >= 0.3 is 0 Å². The number of ketones is 1. The molecule has 0 fully saturated rings. The minimum atomic E-state index is -0.295. The van der Waals surface area contributed by atoms with Crippen LogP contribution < -0.4 is 4.74 Å². The standard InChI is InChI=1S/C14H16O4/c1-7(2)13-14(17-4)10-5-9(8(3)15)11(16)6-12(10)18-13/h5-6,13-14,16H,1H2,2-4H3/t13-,14?/m1/s1. The van der Waals surface area contributed by atoms with Crippen LogP contribution in [-0.2, 0) is 4.74 Å². The molecule has 4 heteroatoms. The van der Waals surface area contributed by atoms with E-state index >= 15 is 0 Å². The van der Waals surface area contributed by atoms with E-state index in [2.05, 4.69) is 6.58 Å². The van der Waals surface area contributed by atoms with Gasteiger partial charge in [0, 0.05) is 18.7 Å². The van der Waals surface area contributed by atoms with E-state index in [-0.39, 0.29) is 29.3 Å². The predicted octanol–water partition coefficient (Wildman–Crippen LogP) is 2.62. The van der Waals surface area contributed by atoms with E-state index in [4.69, 9.17) is 9.47 Å². The van der Waals surface area contributed by atoms with Crippen molar-refractivity contribution in [3.63, 3.8) is 0 Å². The van der Waals surface area contributed by atoms with E-state index in [9.17, 15) is 9.90 Å². The number of phenols is 1. The lowest BCUT2D eigenvalue weighted by molar-refractivity contribution is 0.0445. The van der Waals surface area contributed by atoms with Gasteiger partial charge in [0.05, 0.1) is 5.56 Å². The molecule has 2 rings (SSSR count). The van der Waals surface area contributed by atoms with Gasteiger partial charge in [-0.25, -0.2) is 0 Å². The number of methoxy groups -OCH3 is 1. The molecule has 1 unspecified atom stereocenters. The van der Waals surface area contributed by atoms with Gasteiger partial charge in [0.1, 0.15) is 23.7 Å². The molecule has 0 radical (unpaired) electrons. The number of hydrogen-bond acceptors (Lipinski definition) is 4. The van der Waals surface area contributed by atoms with Crippen molar-refractivity contribution in [1.82, 2.24) is 0 Å². The molecule has 1 aliphatic heterocycles. The van der Waals surface area contributed by atoms with Crippen LogP contribution in [0.3, 0.4) is 0 Å². The van der Waals surface area contributed by atoms with Crippen LogP contribution in [0.25, 0.3) is 0 Å². The zero-order valence-electron chi connectivity index (χ0n) is 10.7. The lowest BCUT2D eigenvalue weighted by Crippen LogP contribution is -2.20. The summed E-state index contributed by atoms with van der Waals surface area (Å²) < 4.78 is 11.1. The summed E-state index contributed by atoms with van der Waals surface area (Å²) in [6.07, 6.45) is -0.581. The Hall–Kier alpha value is -1.81. The third kappa shape index (κ3) is 1.88. The highest BCUT2D eigenvalue weighted by Crippen LogP contribution is 2.43. The summed E-state index contributed by atoms with van der Waals surface area (Å²) in [6.45, 7) is 7.13. The number of benzene rings is 1. The fourth-order valence-corrected chi connectivity index (χ4v) is 2.16. The molecule has 0 spiro atoms. The third-order valence-corrected chi connectivity index (χ3v) is 3.08. The minimum absolute atomic E-state index is 0.0709. The molecular weight excluding hydrogens is 232 g/mol. The summed E-state index contributed by atoms with van der Waals surface area (Å²) in [5, 5.41) is 9.76. The average molecular weight is 248 g/mol.